The smallest absolute Gasteiger partial charge is 0.350 e. The Labute approximate surface area is 327 Å². The number of ether oxygens (including phenoxy) is 1. The number of phenols is 2. The highest BCUT2D eigenvalue weighted by molar-refractivity contribution is 8.02. The van der Waals surface area contributed by atoms with Crippen LogP contribution in [0.4, 0.5) is 9.93 Å². The Morgan fingerprint density at radius 1 is 1.14 bits per heavy atom. The average molecular weight is 842 g/mol. The summed E-state index contributed by atoms with van der Waals surface area (Å²) in [6.07, 6.45) is 0. The zero-order valence-corrected chi connectivity index (χ0v) is 31.6. The molecule has 1 unspecified atom stereocenters. The van der Waals surface area contributed by atoms with Crippen molar-refractivity contribution in [1.29, 1.82) is 0 Å². The molecule has 3 fully saturated rings. The topological polar surface area (TPSA) is 333 Å². The van der Waals surface area contributed by atoms with E-state index >= 15 is 0 Å². The van der Waals surface area contributed by atoms with E-state index in [1.165, 1.54) is 26.3 Å². The number of carbonyl (C=O) groups is 8. The van der Waals surface area contributed by atoms with Crippen LogP contribution in [-0.2, 0) is 38.3 Å². The van der Waals surface area contributed by atoms with Gasteiger partial charge in [0.05, 0.1) is 30.3 Å². The normalized spacial score (nSPS) is 21.2. The predicted molar refractivity (Wildman–Crippen MR) is 191 cm³/mol. The summed E-state index contributed by atoms with van der Waals surface area (Å²) in [5.74, 6) is -9.88. The molecule has 26 heteroatoms. The van der Waals surface area contributed by atoms with E-state index in [-0.39, 0.29) is 23.9 Å². The number of aromatic hydroxyl groups is 2. The van der Waals surface area contributed by atoms with Crippen molar-refractivity contribution in [3.63, 3.8) is 0 Å². The third kappa shape index (κ3) is 7.64. The summed E-state index contributed by atoms with van der Waals surface area (Å²) in [7, 11) is 1.18. The van der Waals surface area contributed by atoms with Crippen molar-refractivity contribution >= 4 is 92.9 Å². The van der Waals surface area contributed by atoms with E-state index in [1.807, 2.05) is 0 Å². The maximum Gasteiger partial charge on any atom is 0.350 e. The van der Waals surface area contributed by atoms with Crippen molar-refractivity contribution in [3.05, 3.63) is 33.8 Å². The molecule has 0 aliphatic carbocycles. The predicted octanol–water partition coefficient (Wildman–Crippen LogP) is -1.66. The maximum absolute atomic E-state index is 13.6. The number of aliphatic carboxylic acids is 2. The summed E-state index contributed by atoms with van der Waals surface area (Å²) in [5, 5.41) is 48.0. The molecule has 6 amide bonds. The van der Waals surface area contributed by atoms with Gasteiger partial charge in [-0.3, -0.25) is 34.3 Å². The first-order valence-corrected chi connectivity index (χ1v) is 18.1. The van der Waals surface area contributed by atoms with Gasteiger partial charge in [0.2, 0.25) is 16.4 Å². The number of β-lactam (4-membered cyclic amide) rings is 1. The number of phenolic OH excluding ortho intramolecular Hbond substituents is 2. The number of ketones is 1. The lowest BCUT2D eigenvalue weighted by molar-refractivity contribution is -0.161. The van der Waals surface area contributed by atoms with Crippen LogP contribution >= 0.6 is 34.7 Å². The van der Waals surface area contributed by atoms with E-state index in [2.05, 4.69) is 26.2 Å². The Kier molecular flexibility index (Phi) is 11.5. The number of nitrogens with zero attached hydrogens (tertiary/aromatic N) is 5. The molecular weight excluding hydrogens is 810 g/mol. The molecule has 0 radical (unpaired) electrons. The first-order chi connectivity index (χ1) is 26.2. The summed E-state index contributed by atoms with van der Waals surface area (Å²) in [4.78, 5) is 112. The van der Waals surface area contributed by atoms with Crippen LogP contribution < -0.4 is 21.8 Å². The number of carboxylic acid groups (broad SMARTS) is 2. The highest BCUT2D eigenvalue weighted by Crippen LogP contribution is 2.49. The number of fused-ring (bicyclic) bond motifs is 1. The summed E-state index contributed by atoms with van der Waals surface area (Å²) >= 11 is 7.48. The van der Waals surface area contributed by atoms with Crippen molar-refractivity contribution in [1.82, 2.24) is 35.9 Å². The number of carbonyl (C=O) groups excluding carboxylic acids is 6. The molecule has 23 nitrogen and oxygen atoms in total. The number of rotatable bonds is 15. The van der Waals surface area contributed by atoms with E-state index < -0.39 is 116 Å². The lowest BCUT2D eigenvalue weighted by Gasteiger charge is -2.41. The fourth-order valence-electron chi connectivity index (χ4n) is 5.43. The van der Waals surface area contributed by atoms with Gasteiger partial charge >= 0.3 is 18.0 Å². The maximum atomic E-state index is 13.6. The molecular formula is C30H32ClN9O14S2. The zero-order chi connectivity index (χ0) is 41.4. The van der Waals surface area contributed by atoms with Crippen LogP contribution in [0.25, 0.3) is 0 Å². The number of Topliss-reactive ketones (excluding diaryl/α,β-unsaturated/α-hetero) is 1. The Balaban J connectivity index is 1.27. The number of halogens is 1. The van der Waals surface area contributed by atoms with Gasteiger partial charge in [-0.25, -0.2) is 24.4 Å². The molecule has 9 N–H and O–H groups in total. The fraction of sp³-hybridized carbons (Fsp3) is 0.400. The van der Waals surface area contributed by atoms with E-state index in [4.69, 9.17) is 26.9 Å². The van der Waals surface area contributed by atoms with Gasteiger partial charge in [0.25, 0.3) is 23.5 Å². The number of anilines is 1. The lowest BCUT2D eigenvalue weighted by atomic mass is 10.1. The van der Waals surface area contributed by atoms with E-state index in [9.17, 15) is 58.8 Å². The number of hydrogen-bond donors (Lipinski definition) is 8. The Hall–Kier alpha value is -5.92. The molecule has 0 spiro atoms. The fourth-order valence-corrected chi connectivity index (χ4v) is 7.86. The minimum Gasteiger partial charge on any atom is -0.504 e. The van der Waals surface area contributed by atoms with Gasteiger partial charge in [-0.1, -0.05) is 28.5 Å². The quantitative estimate of drug-likeness (QED) is 0.0248. The van der Waals surface area contributed by atoms with E-state index in [0.717, 1.165) is 38.3 Å². The van der Waals surface area contributed by atoms with Gasteiger partial charge in [-0.15, -0.1) is 11.3 Å². The standard InChI is InChI=1S/C30H32ClN9O14S2/c1-29(2,25(48)49)54-37-16(13-9-55-27(32)34-13)21(45)35-17-23(47)38-10-30(26(50)51,56-24(17)38)39-6-7-40(28(39)52)36-20(44)12(8-53-3)33-22(46)18(42)11-4-5-14(41)19(43)15(11)31/h4-5,9,12,17,24,41,43H,6-8,10H2,1-3H3,(H2,32,34)(H,33,46)(H,35,45)(H,36,44)(H,48,49)(H,50,51)/b37-16-/t12?,17-,24-,30-/m1/s1. The average Bonchev–Trinajstić information content (AvgIpc) is 3.84. The highest BCUT2D eigenvalue weighted by atomic mass is 35.5. The number of oxime groups is 1. The SMILES string of the molecule is COCC(NC(=O)C(=O)c1ccc(O)c(O)c1Cl)C(=O)NN1CCN([C@]2(C(=O)O)CN3C(=O)[C@@H](NC(=O)/C(=N\OC(C)(C)C(=O)O)c4csc(N)n4)[C@H]3S2)C1=O. The third-order valence-electron chi connectivity index (χ3n) is 8.51. The van der Waals surface area contributed by atoms with Crippen LogP contribution in [0.2, 0.25) is 5.02 Å². The molecule has 4 heterocycles. The second kappa shape index (κ2) is 15.7. The number of nitrogens with one attached hydrogen (secondary N) is 3. The number of thiazole rings is 1. The van der Waals surface area contributed by atoms with Crippen molar-refractivity contribution < 1.29 is 68.4 Å². The van der Waals surface area contributed by atoms with Crippen LogP contribution in [-0.4, -0.2) is 155 Å². The number of amides is 6. The summed E-state index contributed by atoms with van der Waals surface area (Å²) in [6.45, 7) is 0.789. The number of aromatic nitrogens is 1. The molecule has 1 aromatic heterocycles. The summed E-state index contributed by atoms with van der Waals surface area (Å²) in [5.41, 5.74) is 4.96. The van der Waals surface area contributed by atoms with Gasteiger partial charge in [0.15, 0.2) is 22.3 Å². The van der Waals surface area contributed by atoms with E-state index in [0.29, 0.717) is 11.8 Å². The molecule has 2 aromatic rings. The second-order valence-electron chi connectivity index (χ2n) is 12.6. The molecule has 3 aliphatic heterocycles. The van der Waals surface area contributed by atoms with Crippen LogP contribution in [0.5, 0.6) is 11.5 Å². The second-order valence-corrected chi connectivity index (χ2v) is 15.3. The molecule has 3 aliphatic rings. The number of methoxy groups -OCH3 is 1. The third-order valence-corrected chi connectivity index (χ3v) is 11.3. The first-order valence-electron chi connectivity index (χ1n) is 15.9. The zero-order valence-electron chi connectivity index (χ0n) is 29.2. The number of urea groups is 1. The number of hydrogen-bond acceptors (Lipinski definition) is 17. The van der Waals surface area contributed by atoms with Crippen LogP contribution in [0.15, 0.2) is 22.7 Å². The minimum absolute atomic E-state index is 0.0361. The van der Waals surface area contributed by atoms with Gasteiger partial charge < -0.3 is 51.3 Å². The molecule has 0 saturated carbocycles. The van der Waals surface area contributed by atoms with Crippen molar-refractivity contribution in [2.45, 2.75) is 41.8 Å². The van der Waals surface area contributed by atoms with Crippen LogP contribution in [0.1, 0.15) is 29.9 Å². The van der Waals surface area contributed by atoms with Crippen molar-refractivity contribution in [2.75, 3.05) is 39.1 Å². The molecule has 1 aromatic carbocycles. The monoisotopic (exact) mass is 841 g/mol. The van der Waals surface area contributed by atoms with Crippen molar-refractivity contribution in [3.8, 4) is 11.5 Å². The molecule has 300 valence electrons. The van der Waals surface area contributed by atoms with Gasteiger partial charge in [0.1, 0.15) is 23.2 Å². The van der Waals surface area contributed by atoms with Crippen molar-refractivity contribution in [2.24, 2.45) is 5.16 Å². The Morgan fingerprint density at radius 2 is 1.84 bits per heavy atom. The number of thioether (sulfide) groups is 1. The molecule has 56 heavy (non-hydrogen) atoms. The largest absolute Gasteiger partial charge is 0.504 e. The van der Waals surface area contributed by atoms with Crippen LogP contribution in [0.3, 0.4) is 0 Å². The number of benzene rings is 1. The number of hydrazine groups is 1. The highest BCUT2D eigenvalue weighted by Gasteiger charge is 2.66. The van der Waals surface area contributed by atoms with Gasteiger partial charge in [0, 0.05) is 19.0 Å². The summed E-state index contributed by atoms with van der Waals surface area (Å²) < 4.78 is 4.97. The molecule has 0 bridgehead atoms. The molecule has 5 rings (SSSR count). The van der Waals surface area contributed by atoms with Gasteiger partial charge in [-0.2, -0.15) is 0 Å². The number of carboxylic acids is 2. The molecule has 4 atom stereocenters. The number of nitrogen functional groups attached to an aromatic ring is 1. The van der Waals surface area contributed by atoms with E-state index in [1.54, 1.807) is 0 Å². The Bertz CT molecular complexity index is 2060. The van der Waals surface area contributed by atoms with Gasteiger partial charge in [-0.05, 0) is 26.0 Å². The lowest BCUT2D eigenvalue weighted by Crippen LogP contribution is -2.68. The summed E-state index contributed by atoms with van der Waals surface area (Å²) in [6, 6.07) is -2.04. The molecule has 3 saturated heterocycles. The minimum atomic E-state index is -2.10. The number of nitrogens with two attached hydrogens (primary N) is 1. The van der Waals surface area contributed by atoms with Crippen LogP contribution in [0, 0.1) is 0 Å². The first kappa shape index (κ1) is 41.2. The Morgan fingerprint density at radius 3 is 2.45 bits per heavy atom.